The van der Waals surface area contributed by atoms with Crippen molar-refractivity contribution in [3.63, 3.8) is 0 Å². The summed E-state index contributed by atoms with van der Waals surface area (Å²) in [6.45, 7) is 8.66. The first-order valence-corrected chi connectivity index (χ1v) is 13.5. The van der Waals surface area contributed by atoms with Gasteiger partial charge in [-0.15, -0.1) is 0 Å². The van der Waals surface area contributed by atoms with Crippen LogP contribution in [-0.4, -0.2) is 34.9 Å². The van der Waals surface area contributed by atoms with Gasteiger partial charge in [0, 0.05) is 29.4 Å². The number of amides is 2. The second-order valence-corrected chi connectivity index (χ2v) is 11.3. The standard InChI is InChI=1S/C31H37BrN2O3/c1-23-12-18-27(19-13-23)37-20-8-11-29(35)34(22-25-14-16-26(32)17-15-25)28(30(36)33-31(2,3)4)21-24-9-6-5-7-10-24/h5-7,9-10,12-19,28H,8,11,20-22H2,1-4H3,(H,33,36)/t28-/m1/s1. The molecule has 0 heterocycles. The summed E-state index contributed by atoms with van der Waals surface area (Å²) in [6, 6.07) is 24.9. The molecule has 0 radical (unpaired) electrons. The molecule has 0 saturated carbocycles. The molecule has 0 aliphatic rings. The third-order valence-electron chi connectivity index (χ3n) is 5.86. The van der Waals surface area contributed by atoms with Crippen molar-refractivity contribution < 1.29 is 14.3 Å². The molecule has 196 valence electrons. The van der Waals surface area contributed by atoms with Crippen LogP contribution in [0.2, 0.25) is 0 Å². The van der Waals surface area contributed by atoms with Crippen LogP contribution < -0.4 is 10.1 Å². The van der Waals surface area contributed by atoms with Crippen molar-refractivity contribution in [3.8, 4) is 5.75 Å². The van der Waals surface area contributed by atoms with E-state index >= 15 is 0 Å². The molecule has 2 amide bonds. The first kappa shape index (κ1) is 28.5. The fraction of sp³-hybridized carbons (Fsp3) is 0.355. The van der Waals surface area contributed by atoms with Gasteiger partial charge < -0.3 is 15.0 Å². The van der Waals surface area contributed by atoms with Crippen LogP contribution in [0.3, 0.4) is 0 Å². The average molecular weight is 566 g/mol. The molecule has 3 aromatic carbocycles. The van der Waals surface area contributed by atoms with E-state index in [0.29, 0.717) is 26.0 Å². The summed E-state index contributed by atoms with van der Waals surface area (Å²) in [6.07, 6.45) is 1.28. The minimum atomic E-state index is -0.643. The zero-order valence-corrected chi connectivity index (χ0v) is 23.8. The Balaban J connectivity index is 1.80. The van der Waals surface area contributed by atoms with E-state index in [4.69, 9.17) is 4.74 Å². The summed E-state index contributed by atoms with van der Waals surface area (Å²) in [5, 5.41) is 3.10. The number of aryl methyl sites for hydroxylation is 1. The first-order chi connectivity index (χ1) is 17.6. The molecular weight excluding hydrogens is 528 g/mol. The largest absolute Gasteiger partial charge is 0.494 e. The molecular formula is C31H37BrN2O3. The molecule has 1 N–H and O–H groups in total. The summed E-state index contributed by atoms with van der Waals surface area (Å²) in [7, 11) is 0. The Morgan fingerprint density at radius 1 is 0.919 bits per heavy atom. The SMILES string of the molecule is Cc1ccc(OCCCC(=O)N(Cc2ccc(Br)cc2)[C@H](Cc2ccccc2)C(=O)NC(C)(C)C)cc1. The summed E-state index contributed by atoms with van der Waals surface area (Å²) in [4.78, 5) is 28.9. The second kappa shape index (κ2) is 13.4. The van der Waals surface area contributed by atoms with E-state index in [0.717, 1.165) is 21.3 Å². The predicted octanol–water partition coefficient (Wildman–Crippen LogP) is 6.47. The van der Waals surface area contributed by atoms with E-state index in [1.807, 2.05) is 107 Å². The maximum absolute atomic E-state index is 13.7. The van der Waals surface area contributed by atoms with E-state index in [1.54, 1.807) is 4.90 Å². The van der Waals surface area contributed by atoms with Gasteiger partial charge in [-0.05, 0) is 69.5 Å². The number of nitrogens with zero attached hydrogens (tertiary/aromatic N) is 1. The lowest BCUT2D eigenvalue weighted by Crippen LogP contribution is -2.54. The van der Waals surface area contributed by atoms with Crippen LogP contribution in [0.4, 0.5) is 0 Å². The van der Waals surface area contributed by atoms with Gasteiger partial charge in [0.15, 0.2) is 0 Å². The Kier molecular flexibility index (Phi) is 10.3. The molecule has 0 spiro atoms. The van der Waals surface area contributed by atoms with Gasteiger partial charge in [0.25, 0.3) is 0 Å². The fourth-order valence-corrected chi connectivity index (χ4v) is 4.25. The molecule has 3 aromatic rings. The first-order valence-electron chi connectivity index (χ1n) is 12.7. The van der Waals surface area contributed by atoms with Crippen LogP contribution in [0.5, 0.6) is 5.75 Å². The van der Waals surface area contributed by atoms with Gasteiger partial charge >= 0.3 is 0 Å². The molecule has 3 rings (SSSR count). The average Bonchev–Trinajstić information content (AvgIpc) is 2.85. The highest BCUT2D eigenvalue weighted by molar-refractivity contribution is 9.10. The van der Waals surface area contributed by atoms with E-state index in [9.17, 15) is 9.59 Å². The van der Waals surface area contributed by atoms with Crippen molar-refractivity contribution in [1.82, 2.24) is 10.2 Å². The van der Waals surface area contributed by atoms with E-state index < -0.39 is 11.6 Å². The lowest BCUT2D eigenvalue weighted by molar-refractivity contribution is -0.142. The molecule has 6 heteroatoms. The van der Waals surface area contributed by atoms with Gasteiger partial charge in [-0.1, -0.05) is 76.1 Å². The molecule has 0 bridgehead atoms. The third kappa shape index (κ3) is 9.69. The Morgan fingerprint density at radius 3 is 2.19 bits per heavy atom. The predicted molar refractivity (Wildman–Crippen MR) is 152 cm³/mol. The van der Waals surface area contributed by atoms with Crippen molar-refractivity contribution in [2.75, 3.05) is 6.61 Å². The highest BCUT2D eigenvalue weighted by Crippen LogP contribution is 2.19. The summed E-state index contributed by atoms with van der Waals surface area (Å²) < 4.78 is 6.80. The van der Waals surface area contributed by atoms with Crippen molar-refractivity contribution in [2.24, 2.45) is 0 Å². The summed E-state index contributed by atoms with van der Waals surface area (Å²) in [5.41, 5.74) is 2.73. The second-order valence-electron chi connectivity index (χ2n) is 10.4. The number of hydrogen-bond donors (Lipinski definition) is 1. The number of nitrogens with one attached hydrogen (secondary N) is 1. The Bertz CT molecular complexity index is 1140. The van der Waals surface area contributed by atoms with Crippen LogP contribution in [0.15, 0.2) is 83.3 Å². The molecule has 0 aliphatic heterocycles. The van der Waals surface area contributed by atoms with Crippen molar-refractivity contribution >= 4 is 27.7 Å². The van der Waals surface area contributed by atoms with Crippen molar-refractivity contribution in [3.05, 3.63) is 100 Å². The smallest absolute Gasteiger partial charge is 0.243 e. The fourth-order valence-electron chi connectivity index (χ4n) is 3.98. The van der Waals surface area contributed by atoms with Crippen LogP contribution in [0.1, 0.15) is 50.3 Å². The minimum Gasteiger partial charge on any atom is -0.494 e. The highest BCUT2D eigenvalue weighted by atomic mass is 79.9. The monoisotopic (exact) mass is 564 g/mol. The van der Waals surface area contributed by atoms with Crippen molar-refractivity contribution in [1.29, 1.82) is 0 Å². The number of carbonyl (C=O) groups excluding carboxylic acids is 2. The van der Waals surface area contributed by atoms with Gasteiger partial charge in [0.2, 0.25) is 11.8 Å². The highest BCUT2D eigenvalue weighted by Gasteiger charge is 2.32. The van der Waals surface area contributed by atoms with Gasteiger partial charge in [0.05, 0.1) is 6.61 Å². The summed E-state index contributed by atoms with van der Waals surface area (Å²) in [5.74, 6) is 0.564. The Labute approximate surface area is 229 Å². The third-order valence-corrected chi connectivity index (χ3v) is 6.39. The topological polar surface area (TPSA) is 58.6 Å². The number of rotatable bonds is 11. The maximum atomic E-state index is 13.7. The van der Waals surface area contributed by atoms with Crippen LogP contribution in [-0.2, 0) is 22.6 Å². The summed E-state index contributed by atoms with van der Waals surface area (Å²) >= 11 is 3.48. The zero-order valence-electron chi connectivity index (χ0n) is 22.2. The molecule has 0 aromatic heterocycles. The Morgan fingerprint density at radius 2 is 1.57 bits per heavy atom. The number of benzene rings is 3. The molecule has 37 heavy (non-hydrogen) atoms. The van der Waals surface area contributed by atoms with Crippen LogP contribution in [0, 0.1) is 6.92 Å². The van der Waals surface area contributed by atoms with Gasteiger partial charge in [-0.2, -0.15) is 0 Å². The normalized spacial score (nSPS) is 12.0. The van der Waals surface area contributed by atoms with Crippen molar-refractivity contribution in [2.45, 2.75) is 65.1 Å². The van der Waals surface area contributed by atoms with Crippen LogP contribution in [0.25, 0.3) is 0 Å². The maximum Gasteiger partial charge on any atom is 0.243 e. The zero-order chi connectivity index (χ0) is 26.8. The molecule has 0 aliphatic carbocycles. The molecule has 1 atom stereocenters. The van der Waals surface area contributed by atoms with Gasteiger partial charge in [-0.25, -0.2) is 0 Å². The number of hydrogen-bond acceptors (Lipinski definition) is 3. The minimum absolute atomic E-state index is 0.0691. The molecule has 0 saturated heterocycles. The van der Waals surface area contributed by atoms with Crippen LogP contribution >= 0.6 is 15.9 Å². The lowest BCUT2D eigenvalue weighted by Gasteiger charge is -2.34. The van der Waals surface area contributed by atoms with Gasteiger partial charge in [0.1, 0.15) is 11.8 Å². The van der Waals surface area contributed by atoms with E-state index in [1.165, 1.54) is 5.56 Å². The number of carbonyl (C=O) groups is 2. The quantitative estimate of drug-likeness (QED) is 0.271. The molecule has 5 nitrogen and oxygen atoms in total. The number of halogens is 1. The lowest BCUT2D eigenvalue weighted by atomic mass is 10.00. The van der Waals surface area contributed by atoms with E-state index in [2.05, 4.69) is 21.2 Å². The molecule has 0 unspecified atom stereocenters. The van der Waals surface area contributed by atoms with E-state index in [-0.39, 0.29) is 18.2 Å². The van der Waals surface area contributed by atoms with Gasteiger partial charge in [-0.3, -0.25) is 9.59 Å². The Hall–Kier alpha value is -3.12. The number of ether oxygens (including phenoxy) is 1. The molecule has 0 fully saturated rings.